The first-order valence-electron chi connectivity index (χ1n) is 5.77. The molecule has 0 aliphatic heterocycles. The Morgan fingerprint density at radius 3 is 2.61 bits per heavy atom. The predicted octanol–water partition coefficient (Wildman–Crippen LogP) is 1.98. The fourth-order valence-corrected chi connectivity index (χ4v) is 4.22. The van der Waals surface area contributed by atoms with Gasteiger partial charge < -0.3 is 5.73 Å². The third kappa shape index (κ3) is 2.77. The monoisotopic (exact) mass is 332 g/mol. The maximum atomic E-state index is 12.3. The predicted molar refractivity (Wildman–Crippen MR) is 74.5 cm³/mol. The minimum Gasteiger partial charge on any atom is -0.326 e. The third-order valence-corrected chi connectivity index (χ3v) is 5.80. The molecular formula is C12H17BrN2O2S. The lowest BCUT2D eigenvalue weighted by Gasteiger charge is -2.11. The summed E-state index contributed by atoms with van der Waals surface area (Å²) >= 11 is 3.27. The molecule has 4 nitrogen and oxygen atoms in total. The van der Waals surface area contributed by atoms with Crippen molar-refractivity contribution >= 4 is 26.0 Å². The molecule has 1 aromatic carbocycles. The molecule has 0 amide bonds. The lowest BCUT2D eigenvalue weighted by atomic mass is 10.2. The highest BCUT2D eigenvalue weighted by atomic mass is 79.9. The van der Waals surface area contributed by atoms with E-state index in [1.165, 1.54) is 0 Å². The van der Waals surface area contributed by atoms with Crippen LogP contribution in [0.15, 0.2) is 27.6 Å². The fourth-order valence-electron chi connectivity index (χ4n) is 1.80. The van der Waals surface area contributed by atoms with Crippen molar-refractivity contribution in [1.82, 2.24) is 4.72 Å². The van der Waals surface area contributed by atoms with E-state index in [0.29, 0.717) is 11.0 Å². The second kappa shape index (κ2) is 4.59. The largest absolute Gasteiger partial charge is 0.326 e. The highest BCUT2D eigenvalue weighted by molar-refractivity contribution is 9.10. The highest BCUT2D eigenvalue weighted by Gasteiger charge is 2.48. The lowest BCUT2D eigenvalue weighted by Crippen LogP contribution is -2.29. The van der Waals surface area contributed by atoms with Crippen molar-refractivity contribution in [3.05, 3.63) is 28.2 Å². The summed E-state index contributed by atoms with van der Waals surface area (Å²) in [5.74, 6) is 0. The molecule has 0 saturated heterocycles. The van der Waals surface area contributed by atoms with Gasteiger partial charge in [-0.3, -0.25) is 0 Å². The number of nitrogens with one attached hydrogen (secondary N) is 1. The second-order valence-electron chi connectivity index (χ2n) is 5.34. The van der Waals surface area contributed by atoms with Gasteiger partial charge in [0.25, 0.3) is 0 Å². The van der Waals surface area contributed by atoms with Gasteiger partial charge in [-0.1, -0.05) is 19.9 Å². The molecule has 3 N–H and O–H groups in total. The standard InChI is InChI=1S/C12H17BrN2O2S/c1-12(2)6-11(12)15-18(16,17)10-5-8(7-14)3-4-9(10)13/h3-5,11,15H,6-7,14H2,1-2H3. The van der Waals surface area contributed by atoms with Gasteiger partial charge in [0.15, 0.2) is 0 Å². The third-order valence-electron chi connectivity index (χ3n) is 3.33. The minimum absolute atomic E-state index is 0.0240. The topological polar surface area (TPSA) is 72.2 Å². The summed E-state index contributed by atoms with van der Waals surface area (Å²) in [7, 11) is -3.48. The van der Waals surface area contributed by atoms with E-state index in [9.17, 15) is 8.42 Å². The van der Waals surface area contributed by atoms with Gasteiger partial charge in [0.05, 0.1) is 4.90 Å². The van der Waals surface area contributed by atoms with Crippen molar-refractivity contribution in [3.8, 4) is 0 Å². The summed E-state index contributed by atoms with van der Waals surface area (Å²) in [6, 6.07) is 5.16. The molecule has 100 valence electrons. The summed E-state index contributed by atoms with van der Waals surface area (Å²) in [4.78, 5) is 0.258. The molecule has 1 atom stereocenters. The van der Waals surface area contributed by atoms with Crippen molar-refractivity contribution in [1.29, 1.82) is 0 Å². The van der Waals surface area contributed by atoms with Gasteiger partial charge in [-0.2, -0.15) is 0 Å². The SMILES string of the molecule is CC1(C)CC1NS(=O)(=O)c1cc(CN)ccc1Br. The summed E-state index contributed by atoms with van der Waals surface area (Å²) < 4.78 is 27.8. The fraction of sp³-hybridized carbons (Fsp3) is 0.500. The molecule has 2 rings (SSSR count). The summed E-state index contributed by atoms with van der Waals surface area (Å²) in [6.45, 7) is 4.42. The molecule has 0 spiro atoms. The summed E-state index contributed by atoms with van der Waals surface area (Å²) in [6.07, 6.45) is 0.875. The first kappa shape index (κ1) is 14.0. The van der Waals surface area contributed by atoms with E-state index in [2.05, 4.69) is 20.7 Å². The van der Waals surface area contributed by atoms with E-state index in [0.717, 1.165) is 12.0 Å². The van der Waals surface area contributed by atoms with Crippen molar-refractivity contribution in [2.24, 2.45) is 11.1 Å². The molecule has 0 heterocycles. The van der Waals surface area contributed by atoms with Crippen LogP contribution in [0.1, 0.15) is 25.8 Å². The lowest BCUT2D eigenvalue weighted by molar-refractivity contribution is 0.554. The Balaban J connectivity index is 2.29. The summed E-state index contributed by atoms with van der Waals surface area (Å²) in [5, 5.41) is 0. The Kier molecular flexibility index (Phi) is 3.57. The maximum Gasteiger partial charge on any atom is 0.241 e. The Hall–Kier alpha value is -0.430. The molecule has 1 aliphatic rings. The minimum atomic E-state index is -3.48. The number of hydrogen-bond donors (Lipinski definition) is 2. The van der Waals surface area contributed by atoms with Gasteiger partial charge in [-0.15, -0.1) is 0 Å². The van der Waals surface area contributed by atoms with Crippen LogP contribution in [0.5, 0.6) is 0 Å². The highest BCUT2D eigenvalue weighted by Crippen LogP contribution is 2.45. The maximum absolute atomic E-state index is 12.3. The Labute approximate surface area is 116 Å². The van der Waals surface area contributed by atoms with Crippen LogP contribution in [0.3, 0.4) is 0 Å². The Morgan fingerprint density at radius 1 is 1.50 bits per heavy atom. The van der Waals surface area contributed by atoms with E-state index < -0.39 is 10.0 Å². The van der Waals surface area contributed by atoms with Crippen LogP contribution in [0.25, 0.3) is 0 Å². The Bertz CT molecular complexity index is 569. The van der Waals surface area contributed by atoms with Crippen LogP contribution in [-0.4, -0.2) is 14.5 Å². The first-order chi connectivity index (χ1) is 8.26. The quantitative estimate of drug-likeness (QED) is 0.885. The van der Waals surface area contributed by atoms with Gasteiger partial charge >= 0.3 is 0 Å². The normalized spacial score (nSPS) is 21.9. The van der Waals surface area contributed by atoms with Gasteiger partial charge in [-0.05, 0) is 45.5 Å². The molecular weight excluding hydrogens is 316 g/mol. The number of nitrogens with two attached hydrogens (primary N) is 1. The molecule has 6 heteroatoms. The number of sulfonamides is 1. The molecule has 1 saturated carbocycles. The van der Waals surface area contributed by atoms with E-state index in [1.54, 1.807) is 12.1 Å². The van der Waals surface area contributed by atoms with Gasteiger partial charge in [0, 0.05) is 17.1 Å². The van der Waals surface area contributed by atoms with Crippen LogP contribution >= 0.6 is 15.9 Å². The van der Waals surface area contributed by atoms with Crippen molar-refractivity contribution in [2.45, 2.75) is 37.8 Å². The van der Waals surface area contributed by atoms with Crippen LogP contribution in [0.2, 0.25) is 0 Å². The molecule has 1 aromatic rings. The van der Waals surface area contributed by atoms with E-state index in [-0.39, 0.29) is 16.4 Å². The number of benzene rings is 1. The molecule has 18 heavy (non-hydrogen) atoms. The van der Waals surface area contributed by atoms with Crippen LogP contribution in [0, 0.1) is 5.41 Å². The summed E-state index contributed by atoms with van der Waals surface area (Å²) in [5.41, 5.74) is 6.40. The molecule has 1 fully saturated rings. The number of hydrogen-bond acceptors (Lipinski definition) is 3. The van der Waals surface area contributed by atoms with E-state index >= 15 is 0 Å². The molecule has 0 radical (unpaired) electrons. The second-order valence-corrected chi connectivity index (χ2v) is 7.87. The zero-order chi connectivity index (χ0) is 13.6. The van der Waals surface area contributed by atoms with Gasteiger partial charge in [-0.25, -0.2) is 13.1 Å². The number of rotatable bonds is 4. The van der Waals surface area contributed by atoms with Gasteiger partial charge in [0.2, 0.25) is 10.0 Å². The average molecular weight is 333 g/mol. The van der Waals surface area contributed by atoms with Crippen molar-refractivity contribution in [2.75, 3.05) is 0 Å². The molecule has 0 aromatic heterocycles. The number of halogens is 1. The first-order valence-corrected chi connectivity index (χ1v) is 8.05. The van der Waals surface area contributed by atoms with Crippen LogP contribution < -0.4 is 10.5 Å². The van der Waals surface area contributed by atoms with Crippen molar-refractivity contribution in [3.63, 3.8) is 0 Å². The molecule has 1 aliphatic carbocycles. The molecule has 1 unspecified atom stereocenters. The van der Waals surface area contributed by atoms with Crippen LogP contribution in [-0.2, 0) is 16.6 Å². The zero-order valence-electron chi connectivity index (χ0n) is 10.4. The van der Waals surface area contributed by atoms with E-state index in [4.69, 9.17) is 5.73 Å². The van der Waals surface area contributed by atoms with Crippen LogP contribution in [0.4, 0.5) is 0 Å². The zero-order valence-corrected chi connectivity index (χ0v) is 12.8. The average Bonchev–Trinajstić information content (AvgIpc) is 2.85. The smallest absolute Gasteiger partial charge is 0.241 e. The van der Waals surface area contributed by atoms with Gasteiger partial charge in [0.1, 0.15) is 0 Å². The molecule has 0 bridgehead atoms. The van der Waals surface area contributed by atoms with E-state index in [1.807, 2.05) is 19.9 Å². The Morgan fingerprint density at radius 2 is 2.11 bits per heavy atom. The van der Waals surface area contributed by atoms with Crippen molar-refractivity contribution < 1.29 is 8.42 Å².